The van der Waals surface area contributed by atoms with Crippen molar-refractivity contribution < 1.29 is 9.53 Å². The molecule has 0 spiro atoms. The number of rotatable bonds is 11. The Hall–Kier alpha value is -2.10. The van der Waals surface area contributed by atoms with Gasteiger partial charge in [-0.15, -0.1) is 0 Å². The molecule has 0 saturated carbocycles. The fourth-order valence-corrected chi connectivity index (χ4v) is 3.40. The summed E-state index contributed by atoms with van der Waals surface area (Å²) in [5.41, 5.74) is 3.79. The second kappa shape index (κ2) is 11.0. The van der Waals surface area contributed by atoms with Gasteiger partial charge in [-0.2, -0.15) is 5.10 Å². The Morgan fingerprint density at radius 3 is 2.32 bits per heavy atom. The first-order valence-corrected chi connectivity index (χ1v) is 10.8. The lowest BCUT2D eigenvalue weighted by molar-refractivity contribution is 0.0942. The maximum absolute atomic E-state index is 12.9. The molecule has 2 aromatic rings. The summed E-state index contributed by atoms with van der Waals surface area (Å²) in [4.78, 5) is 12.9. The third-order valence-corrected chi connectivity index (χ3v) is 5.10. The van der Waals surface area contributed by atoms with Gasteiger partial charge in [-0.1, -0.05) is 52.9 Å². The third-order valence-electron chi connectivity index (χ3n) is 5.10. The normalized spacial score (nSPS) is 11.2. The lowest BCUT2D eigenvalue weighted by Gasteiger charge is -2.09. The van der Waals surface area contributed by atoms with Crippen LogP contribution in [0, 0.1) is 19.8 Å². The molecule has 1 aromatic carbocycles. The fraction of sp³-hybridized carbons (Fsp3) is 0.583. The Morgan fingerprint density at radius 1 is 1.04 bits per heavy atom. The topological polar surface area (TPSA) is 44.1 Å². The van der Waals surface area contributed by atoms with E-state index in [9.17, 15) is 4.79 Å². The van der Waals surface area contributed by atoms with Crippen LogP contribution in [-0.2, 0) is 6.42 Å². The summed E-state index contributed by atoms with van der Waals surface area (Å²) < 4.78 is 7.26. The molecule has 0 saturated heterocycles. The molecule has 28 heavy (non-hydrogen) atoms. The highest BCUT2D eigenvalue weighted by atomic mass is 16.5. The number of ether oxygens (including phenoxy) is 1. The molecule has 0 bridgehead atoms. The fourth-order valence-electron chi connectivity index (χ4n) is 3.40. The Balaban J connectivity index is 1.99. The van der Waals surface area contributed by atoms with Gasteiger partial charge in [0, 0.05) is 11.3 Å². The maximum Gasteiger partial charge on any atom is 0.278 e. The van der Waals surface area contributed by atoms with E-state index in [0.29, 0.717) is 18.1 Å². The van der Waals surface area contributed by atoms with E-state index in [4.69, 9.17) is 4.74 Å². The minimum atomic E-state index is -0.0785. The molecular weight excluding hydrogens is 348 g/mol. The van der Waals surface area contributed by atoms with Crippen molar-refractivity contribution in [2.75, 3.05) is 6.61 Å². The smallest absolute Gasteiger partial charge is 0.278 e. The van der Waals surface area contributed by atoms with Crippen molar-refractivity contribution in [1.29, 1.82) is 0 Å². The Kier molecular flexibility index (Phi) is 8.75. The van der Waals surface area contributed by atoms with E-state index < -0.39 is 0 Å². The summed E-state index contributed by atoms with van der Waals surface area (Å²) in [6, 6.07) is 7.36. The van der Waals surface area contributed by atoms with Crippen LogP contribution in [0.4, 0.5) is 0 Å². The number of aryl methyl sites for hydroxylation is 1. The van der Waals surface area contributed by atoms with Crippen LogP contribution in [0.5, 0.6) is 5.75 Å². The molecule has 2 rings (SSSR count). The van der Waals surface area contributed by atoms with Crippen molar-refractivity contribution in [3.05, 3.63) is 46.8 Å². The monoisotopic (exact) mass is 384 g/mol. The van der Waals surface area contributed by atoms with Gasteiger partial charge >= 0.3 is 0 Å². The van der Waals surface area contributed by atoms with Crippen molar-refractivity contribution in [3.8, 4) is 5.75 Å². The van der Waals surface area contributed by atoms with Gasteiger partial charge in [-0.05, 0) is 62.4 Å². The van der Waals surface area contributed by atoms with Crippen LogP contribution in [0.3, 0.4) is 0 Å². The van der Waals surface area contributed by atoms with E-state index >= 15 is 0 Å². The van der Waals surface area contributed by atoms with Gasteiger partial charge in [0.15, 0.2) is 0 Å². The van der Waals surface area contributed by atoms with Gasteiger partial charge in [0.1, 0.15) is 5.75 Å². The Labute approximate surface area is 170 Å². The number of benzene rings is 1. The Bertz CT molecular complexity index is 745. The molecule has 0 N–H and O–H groups in total. The Morgan fingerprint density at radius 2 is 1.68 bits per heavy atom. The lowest BCUT2D eigenvalue weighted by atomic mass is 10.0. The summed E-state index contributed by atoms with van der Waals surface area (Å²) in [6.07, 6.45) is 8.62. The zero-order valence-electron chi connectivity index (χ0n) is 18.3. The van der Waals surface area contributed by atoms with Gasteiger partial charge in [-0.25, -0.2) is 4.68 Å². The molecule has 4 heteroatoms. The quantitative estimate of drug-likeness (QED) is 0.438. The molecule has 4 nitrogen and oxygen atoms in total. The zero-order valence-corrected chi connectivity index (χ0v) is 18.3. The number of aromatic nitrogens is 2. The highest BCUT2D eigenvalue weighted by molar-refractivity contribution is 5.96. The predicted molar refractivity (Wildman–Crippen MR) is 115 cm³/mol. The van der Waals surface area contributed by atoms with E-state index in [1.165, 1.54) is 37.7 Å². The number of hydrogen-bond acceptors (Lipinski definition) is 3. The summed E-state index contributed by atoms with van der Waals surface area (Å²) in [7, 11) is 0. The molecule has 0 radical (unpaired) electrons. The summed E-state index contributed by atoms with van der Waals surface area (Å²) in [5.74, 6) is 1.19. The van der Waals surface area contributed by atoms with Crippen LogP contribution < -0.4 is 4.74 Å². The molecule has 1 aromatic heterocycles. The molecule has 1 heterocycles. The van der Waals surface area contributed by atoms with Crippen LogP contribution in [0.25, 0.3) is 0 Å². The second-order valence-electron chi connectivity index (χ2n) is 8.11. The van der Waals surface area contributed by atoms with E-state index in [-0.39, 0.29) is 5.91 Å². The van der Waals surface area contributed by atoms with Gasteiger partial charge in [0.2, 0.25) is 0 Å². The maximum atomic E-state index is 12.9. The van der Waals surface area contributed by atoms with E-state index in [2.05, 4.69) is 25.9 Å². The van der Waals surface area contributed by atoms with Crippen LogP contribution >= 0.6 is 0 Å². The molecule has 154 valence electrons. The number of carbonyl (C=O) groups is 1. The van der Waals surface area contributed by atoms with Gasteiger partial charge in [-0.3, -0.25) is 4.79 Å². The van der Waals surface area contributed by atoms with Gasteiger partial charge in [0.25, 0.3) is 5.91 Å². The lowest BCUT2D eigenvalue weighted by Crippen LogP contribution is -2.15. The number of carbonyl (C=O) groups excluding carboxylic acids is 1. The molecule has 0 atom stereocenters. The number of nitrogens with zero attached hydrogens (tertiary/aromatic N) is 2. The predicted octanol–water partition coefficient (Wildman–Crippen LogP) is 6.13. The van der Waals surface area contributed by atoms with Crippen LogP contribution in [-0.4, -0.2) is 22.3 Å². The SMILES string of the molecule is CCCCCCCCc1c(C)nn(C(=O)c2ccc(OCC(C)C)cc2)c1C. The van der Waals surface area contributed by atoms with E-state index in [0.717, 1.165) is 30.0 Å². The highest BCUT2D eigenvalue weighted by Gasteiger charge is 2.17. The standard InChI is InChI=1S/C24H36N2O2/c1-6-7-8-9-10-11-12-23-19(4)25-26(20(23)5)24(27)21-13-15-22(16-14-21)28-17-18(2)3/h13-16,18H,6-12,17H2,1-5H3. The molecule has 0 amide bonds. The summed E-state index contributed by atoms with van der Waals surface area (Å²) in [6.45, 7) is 11.2. The molecule has 0 aliphatic carbocycles. The van der Waals surface area contributed by atoms with Crippen molar-refractivity contribution in [1.82, 2.24) is 9.78 Å². The molecular formula is C24H36N2O2. The molecule has 0 aliphatic heterocycles. The first-order valence-electron chi connectivity index (χ1n) is 10.8. The average molecular weight is 385 g/mol. The summed E-state index contributed by atoms with van der Waals surface area (Å²) >= 11 is 0. The second-order valence-corrected chi connectivity index (χ2v) is 8.11. The zero-order chi connectivity index (χ0) is 20.5. The first kappa shape index (κ1) is 22.2. The number of hydrogen-bond donors (Lipinski definition) is 0. The molecule has 0 unspecified atom stereocenters. The van der Waals surface area contributed by atoms with E-state index in [1.807, 2.05) is 38.1 Å². The van der Waals surface area contributed by atoms with Crippen molar-refractivity contribution in [2.24, 2.45) is 5.92 Å². The average Bonchev–Trinajstić information content (AvgIpc) is 2.96. The van der Waals surface area contributed by atoms with Crippen molar-refractivity contribution in [2.45, 2.75) is 79.6 Å². The van der Waals surface area contributed by atoms with Gasteiger partial charge in [0.05, 0.1) is 12.3 Å². The van der Waals surface area contributed by atoms with Gasteiger partial charge < -0.3 is 4.74 Å². The minimum Gasteiger partial charge on any atom is -0.493 e. The highest BCUT2D eigenvalue weighted by Crippen LogP contribution is 2.20. The van der Waals surface area contributed by atoms with Crippen LogP contribution in [0.2, 0.25) is 0 Å². The minimum absolute atomic E-state index is 0.0785. The van der Waals surface area contributed by atoms with E-state index in [1.54, 1.807) is 4.68 Å². The van der Waals surface area contributed by atoms with Crippen LogP contribution in [0.15, 0.2) is 24.3 Å². The summed E-state index contributed by atoms with van der Waals surface area (Å²) in [5, 5.41) is 4.53. The van der Waals surface area contributed by atoms with Crippen LogP contribution in [0.1, 0.15) is 86.6 Å². The molecule has 0 aliphatic rings. The first-order chi connectivity index (χ1) is 13.4. The largest absolute Gasteiger partial charge is 0.493 e. The third kappa shape index (κ3) is 6.22. The van der Waals surface area contributed by atoms with Crippen molar-refractivity contribution >= 4 is 5.91 Å². The molecule has 0 fully saturated rings. The number of unbranched alkanes of at least 4 members (excludes halogenated alkanes) is 5. The van der Waals surface area contributed by atoms with Crippen molar-refractivity contribution in [3.63, 3.8) is 0 Å².